The summed E-state index contributed by atoms with van der Waals surface area (Å²) in [6.45, 7) is 0.632. The zero-order valence-electron chi connectivity index (χ0n) is 11.5. The molecule has 104 valence electrons. The standard InChI is InChI=1S/C17H15N3O/c21-11-10-20-16-7-2-1-5-15(16)19-17(20)13-4-3-6-14-12(13)8-9-18-14/h1-5,7-9,21H,6,10-11H2. The van der Waals surface area contributed by atoms with Crippen LogP contribution < -0.4 is 0 Å². The lowest BCUT2D eigenvalue weighted by atomic mass is 9.96. The predicted octanol–water partition coefficient (Wildman–Crippen LogP) is 2.71. The van der Waals surface area contributed by atoms with Gasteiger partial charge in [-0.2, -0.15) is 0 Å². The van der Waals surface area contributed by atoms with Crippen molar-refractivity contribution in [2.45, 2.75) is 13.0 Å². The van der Waals surface area contributed by atoms with Gasteiger partial charge in [0.05, 0.1) is 23.4 Å². The molecule has 0 saturated heterocycles. The highest BCUT2D eigenvalue weighted by Gasteiger charge is 2.21. The molecule has 2 heterocycles. The largest absolute Gasteiger partial charge is 0.395 e. The first-order chi connectivity index (χ1) is 10.4. The van der Waals surface area contributed by atoms with Crippen molar-refractivity contribution < 1.29 is 5.11 Å². The number of aliphatic hydroxyl groups is 1. The van der Waals surface area contributed by atoms with Gasteiger partial charge in [-0.3, -0.25) is 4.99 Å². The fraction of sp³-hybridized carbons (Fsp3) is 0.176. The number of hydrogen-bond donors (Lipinski definition) is 1. The molecule has 4 nitrogen and oxygen atoms in total. The third-order valence-electron chi connectivity index (χ3n) is 3.89. The Kier molecular flexibility index (Phi) is 2.82. The molecule has 2 aromatic rings. The molecule has 0 spiro atoms. The van der Waals surface area contributed by atoms with E-state index in [1.165, 1.54) is 0 Å². The molecule has 1 aromatic carbocycles. The van der Waals surface area contributed by atoms with Gasteiger partial charge in [-0.15, -0.1) is 0 Å². The molecule has 4 heteroatoms. The van der Waals surface area contributed by atoms with E-state index in [4.69, 9.17) is 4.98 Å². The third-order valence-corrected chi connectivity index (χ3v) is 3.89. The quantitative estimate of drug-likeness (QED) is 0.937. The van der Waals surface area contributed by atoms with Crippen LogP contribution in [-0.4, -0.2) is 27.0 Å². The van der Waals surface area contributed by atoms with Gasteiger partial charge in [-0.05, 0) is 18.2 Å². The molecular formula is C17H15N3O. The van der Waals surface area contributed by atoms with E-state index in [0.29, 0.717) is 6.54 Å². The summed E-state index contributed by atoms with van der Waals surface area (Å²) in [5.74, 6) is 0.899. The number of para-hydroxylation sites is 2. The van der Waals surface area contributed by atoms with Crippen molar-refractivity contribution in [3.05, 3.63) is 60.1 Å². The average molecular weight is 277 g/mol. The van der Waals surface area contributed by atoms with E-state index in [1.54, 1.807) is 0 Å². The summed E-state index contributed by atoms with van der Waals surface area (Å²) in [5.41, 5.74) is 5.32. The van der Waals surface area contributed by atoms with Gasteiger partial charge in [-0.1, -0.05) is 24.3 Å². The second-order valence-corrected chi connectivity index (χ2v) is 5.12. The molecule has 2 aliphatic rings. The van der Waals surface area contributed by atoms with Gasteiger partial charge in [0.15, 0.2) is 0 Å². The minimum absolute atomic E-state index is 0.0937. The maximum Gasteiger partial charge on any atom is 0.141 e. The Morgan fingerprint density at radius 3 is 2.95 bits per heavy atom. The lowest BCUT2D eigenvalue weighted by Crippen LogP contribution is -2.10. The Morgan fingerprint density at radius 1 is 1.14 bits per heavy atom. The van der Waals surface area contributed by atoms with E-state index < -0.39 is 0 Å². The molecule has 0 atom stereocenters. The molecule has 0 fully saturated rings. The van der Waals surface area contributed by atoms with Crippen LogP contribution in [0.4, 0.5) is 0 Å². The van der Waals surface area contributed by atoms with Crippen LogP contribution in [0.3, 0.4) is 0 Å². The summed E-state index contributed by atoms with van der Waals surface area (Å²) in [6, 6.07) is 8.03. The molecule has 0 amide bonds. The van der Waals surface area contributed by atoms with Crippen LogP contribution in [0.1, 0.15) is 12.2 Å². The SMILES string of the molecule is OCCn1c(C2=C3C=CN=C3CC=C2)nc2ccccc21. The van der Waals surface area contributed by atoms with Gasteiger partial charge in [0.2, 0.25) is 0 Å². The Morgan fingerprint density at radius 2 is 2.05 bits per heavy atom. The highest BCUT2D eigenvalue weighted by atomic mass is 16.3. The Bertz CT molecular complexity index is 837. The van der Waals surface area contributed by atoms with Crippen molar-refractivity contribution in [2.75, 3.05) is 6.61 Å². The van der Waals surface area contributed by atoms with Crippen molar-refractivity contribution >= 4 is 22.3 Å². The topological polar surface area (TPSA) is 50.4 Å². The molecule has 21 heavy (non-hydrogen) atoms. The number of hydrogen-bond acceptors (Lipinski definition) is 3. The normalized spacial score (nSPS) is 16.7. The fourth-order valence-corrected chi connectivity index (χ4v) is 2.96. The minimum atomic E-state index is 0.0937. The third kappa shape index (κ3) is 1.87. The molecule has 1 aliphatic heterocycles. The van der Waals surface area contributed by atoms with Crippen molar-refractivity contribution in [1.29, 1.82) is 0 Å². The molecule has 0 radical (unpaired) electrons. The maximum atomic E-state index is 9.39. The zero-order chi connectivity index (χ0) is 14.2. The first-order valence-corrected chi connectivity index (χ1v) is 7.09. The second-order valence-electron chi connectivity index (χ2n) is 5.12. The monoisotopic (exact) mass is 277 g/mol. The summed E-state index contributed by atoms with van der Waals surface area (Å²) in [6.07, 6.45) is 8.98. The van der Waals surface area contributed by atoms with E-state index in [2.05, 4.69) is 21.7 Å². The Balaban J connectivity index is 1.98. The Labute approximate surface area is 122 Å². The summed E-state index contributed by atoms with van der Waals surface area (Å²) in [4.78, 5) is 9.17. The van der Waals surface area contributed by atoms with E-state index in [0.717, 1.165) is 40.1 Å². The second kappa shape index (κ2) is 4.82. The Hall–Kier alpha value is -2.46. The number of nitrogens with zero attached hydrogens (tertiary/aromatic N) is 3. The number of benzene rings is 1. The summed E-state index contributed by atoms with van der Waals surface area (Å²) >= 11 is 0. The predicted molar refractivity (Wildman–Crippen MR) is 84.1 cm³/mol. The first-order valence-electron chi connectivity index (χ1n) is 7.09. The van der Waals surface area contributed by atoms with Crippen LogP contribution in [0.15, 0.2) is 59.3 Å². The van der Waals surface area contributed by atoms with Crippen LogP contribution in [0.5, 0.6) is 0 Å². The number of allylic oxidation sites excluding steroid dienone is 5. The number of aromatic nitrogens is 2. The molecule has 0 saturated carbocycles. The van der Waals surface area contributed by atoms with Gasteiger partial charge in [0.1, 0.15) is 5.82 Å². The number of rotatable bonds is 3. The molecule has 1 aromatic heterocycles. The van der Waals surface area contributed by atoms with E-state index in [1.807, 2.05) is 36.5 Å². The van der Waals surface area contributed by atoms with Gasteiger partial charge in [-0.25, -0.2) is 4.98 Å². The van der Waals surface area contributed by atoms with E-state index >= 15 is 0 Å². The highest BCUT2D eigenvalue weighted by molar-refractivity contribution is 6.14. The van der Waals surface area contributed by atoms with Crippen LogP contribution in [-0.2, 0) is 6.54 Å². The summed E-state index contributed by atoms with van der Waals surface area (Å²) < 4.78 is 2.08. The summed E-state index contributed by atoms with van der Waals surface area (Å²) in [7, 11) is 0. The van der Waals surface area contributed by atoms with Crippen LogP contribution in [0, 0.1) is 0 Å². The van der Waals surface area contributed by atoms with Gasteiger partial charge >= 0.3 is 0 Å². The molecule has 0 unspecified atom stereocenters. The number of aliphatic imine (C=N–C) groups is 1. The smallest absolute Gasteiger partial charge is 0.141 e. The lowest BCUT2D eigenvalue weighted by Gasteiger charge is -2.14. The molecule has 1 N–H and O–H groups in total. The molecule has 4 rings (SSSR count). The van der Waals surface area contributed by atoms with E-state index in [-0.39, 0.29) is 6.61 Å². The van der Waals surface area contributed by atoms with Gasteiger partial charge in [0.25, 0.3) is 0 Å². The van der Waals surface area contributed by atoms with Gasteiger partial charge in [0, 0.05) is 30.3 Å². The number of fused-ring (bicyclic) bond motifs is 2. The molecule has 1 aliphatic carbocycles. The minimum Gasteiger partial charge on any atom is -0.395 e. The molecule has 0 bridgehead atoms. The average Bonchev–Trinajstić information content (AvgIpc) is 3.12. The van der Waals surface area contributed by atoms with Crippen molar-refractivity contribution in [3.63, 3.8) is 0 Å². The van der Waals surface area contributed by atoms with Gasteiger partial charge < -0.3 is 9.67 Å². The fourth-order valence-electron chi connectivity index (χ4n) is 2.96. The highest BCUT2D eigenvalue weighted by Crippen LogP contribution is 2.31. The summed E-state index contributed by atoms with van der Waals surface area (Å²) in [5, 5.41) is 9.39. The first kappa shape index (κ1) is 12.3. The number of imidazole rings is 1. The van der Waals surface area contributed by atoms with Crippen molar-refractivity contribution in [1.82, 2.24) is 9.55 Å². The molecular weight excluding hydrogens is 262 g/mol. The van der Waals surface area contributed by atoms with Crippen LogP contribution >= 0.6 is 0 Å². The lowest BCUT2D eigenvalue weighted by molar-refractivity contribution is 0.277. The number of aliphatic hydroxyl groups excluding tert-OH is 1. The van der Waals surface area contributed by atoms with Crippen molar-refractivity contribution in [2.24, 2.45) is 4.99 Å². The van der Waals surface area contributed by atoms with Crippen molar-refractivity contribution in [3.8, 4) is 0 Å². The van der Waals surface area contributed by atoms with Crippen LogP contribution in [0.25, 0.3) is 16.6 Å². The van der Waals surface area contributed by atoms with Crippen LogP contribution in [0.2, 0.25) is 0 Å². The maximum absolute atomic E-state index is 9.39. The zero-order valence-corrected chi connectivity index (χ0v) is 11.5. The van der Waals surface area contributed by atoms with E-state index in [9.17, 15) is 5.11 Å².